The number of alkyl halides is 3. The van der Waals surface area contributed by atoms with Crippen molar-refractivity contribution in [3.05, 3.63) is 22.8 Å². The van der Waals surface area contributed by atoms with Crippen molar-refractivity contribution in [2.45, 2.75) is 167 Å². The van der Waals surface area contributed by atoms with Crippen LogP contribution in [0.15, 0.2) is 22.8 Å². The highest BCUT2D eigenvalue weighted by Gasteiger charge is 2.61. The van der Waals surface area contributed by atoms with Crippen LogP contribution in [0.25, 0.3) is 0 Å². The van der Waals surface area contributed by atoms with Crippen molar-refractivity contribution in [1.82, 2.24) is 15.5 Å². The lowest BCUT2D eigenvalue weighted by Gasteiger charge is -2.49. The third-order valence-electron chi connectivity index (χ3n) is 14.7. The van der Waals surface area contributed by atoms with Crippen molar-refractivity contribution in [2.24, 2.45) is 35.0 Å². The molecule has 10 atom stereocenters. The number of fused-ring (bicyclic) bond motifs is 6. The molecule has 10 unspecified atom stereocenters. The van der Waals surface area contributed by atoms with E-state index in [1.165, 1.54) is 30.4 Å². The third-order valence-corrected chi connectivity index (χ3v) is 14.7. The van der Waals surface area contributed by atoms with Gasteiger partial charge < -0.3 is 20.5 Å². The van der Waals surface area contributed by atoms with Gasteiger partial charge in [-0.15, -0.1) is 0 Å². The Kier molecular flexibility index (Phi) is 12.6. The number of aliphatic hydroxyl groups excluding tert-OH is 1. The van der Waals surface area contributed by atoms with Gasteiger partial charge in [0.05, 0.1) is 17.8 Å². The molecule has 6 aliphatic rings. The zero-order chi connectivity index (χ0) is 37.3. The molecule has 2 amide bonds. The van der Waals surface area contributed by atoms with E-state index in [0.717, 1.165) is 96.1 Å². The molecule has 0 aromatic heterocycles. The smallest absolute Gasteiger partial charge is 0.393 e. The van der Waals surface area contributed by atoms with Crippen LogP contribution in [0.1, 0.15) is 137 Å². The number of amides is 2. The van der Waals surface area contributed by atoms with Crippen LogP contribution in [-0.2, 0) is 14.3 Å². The number of unbranched alkanes of at least 4 members (excludes halogenated alkanes) is 7. The van der Waals surface area contributed by atoms with Gasteiger partial charge >= 0.3 is 12.1 Å². The number of nitrogens with one attached hydrogen (secondary N) is 2. The molecule has 2 saturated heterocycles. The average Bonchev–Trinajstić information content (AvgIpc) is 3.61. The van der Waals surface area contributed by atoms with Gasteiger partial charge in [-0.3, -0.25) is 14.5 Å². The zero-order valence-electron chi connectivity index (χ0n) is 32.3. The number of carbonyl (C=O) groups excluding carboxylic acids is 2. The third kappa shape index (κ3) is 8.19. The molecule has 2 aliphatic heterocycles. The summed E-state index contributed by atoms with van der Waals surface area (Å²) in [5.74, 6) is 1.29. The lowest BCUT2D eigenvalue weighted by Crippen LogP contribution is -2.54. The molecule has 10 heteroatoms. The number of allylic oxidation sites excluding steroid dienone is 2. The molecule has 0 aromatic carbocycles. The molecule has 6 rings (SSSR count). The highest BCUT2D eigenvalue weighted by molar-refractivity contribution is 5.81. The van der Waals surface area contributed by atoms with Gasteiger partial charge in [0.2, 0.25) is 5.91 Å². The number of carbonyl (C=O) groups is 2. The molecule has 7 nitrogen and oxygen atoms in total. The van der Waals surface area contributed by atoms with Crippen LogP contribution in [0, 0.1) is 35.0 Å². The summed E-state index contributed by atoms with van der Waals surface area (Å²) in [4.78, 5) is 26.2. The molecule has 3 N–H and O–H groups in total. The lowest BCUT2D eigenvalue weighted by molar-refractivity contribution is -0.173. The highest BCUT2D eigenvalue weighted by Crippen LogP contribution is 2.65. The number of likely N-dealkylation sites (tertiary alicyclic amines) is 1. The number of ether oxygens (including phenoxy) is 1. The van der Waals surface area contributed by atoms with Gasteiger partial charge in [-0.25, -0.2) is 0 Å². The average molecular weight is 734 g/mol. The predicted octanol–water partition coefficient (Wildman–Crippen LogP) is 8.02. The summed E-state index contributed by atoms with van der Waals surface area (Å²) in [5, 5.41) is 15.6. The Labute approximate surface area is 310 Å². The van der Waals surface area contributed by atoms with E-state index in [4.69, 9.17) is 4.74 Å². The number of halogens is 3. The molecule has 0 aromatic rings. The maximum absolute atomic E-state index is 12.7. The Morgan fingerprint density at radius 3 is 2.42 bits per heavy atom. The van der Waals surface area contributed by atoms with Crippen LogP contribution in [0.3, 0.4) is 0 Å². The fourth-order valence-corrected chi connectivity index (χ4v) is 11.9. The summed E-state index contributed by atoms with van der Waals surface area (Å²) in [7, 11) is 0. The Hall–Kier alpha value is -1.91. The van der Waals surface area contributed by atoms with Gasteiger partial charge in [0.1, 0.15) is 0 Å². The Bertz CT molecular complexity index is 1350. The summed E-state index contributed by atoms with van der Waals surface area (Å²) >= 11 is 0. The summed E-state index contributed by atoms with van der Waals surface area (Å²) < 4.78 is 43.9. The van der Waals surface area contributed by atoms with Crippen molar-refractivity contribution in [3.63, 3.8) is 0 Å². The monoisotopic (exact) mass is 734 g/mol. The SMILES string of the molecule is CC1=C2CC3C(CC=C4CC(O)CCC43C)C2CCC12OC1CC(C)CN(CCNC(=O)CCCCCCCCCCNC(=O)C(F)(F)F)C1C2C. The van der Waals surface area contributed by atoms with Gasteiger partial charge in [0.15, 0.2) is 0 Å². The van der Waals surface area contributed by atoms with Gasteiger partial charge in [-0.05, 0) is 106 Å². The van der Waals surface area contributed by atoms with E-state index in [1.807, 2.05) is 5.32 Å². The Balaban J connectivity index is 0.931. The molecule has 1 spiro atoms. The molecular formula is C42H66F3N3O4. The van der Waals surface area contributed by atoms with Crippen LogP contribution in [-0.4, -0.2) is 78.0 Å². The van der Waals surface area contributed by atoms with Crippen LogP contribution in [0.2, 0.25) is 0 Å². The Morgan fingerprint density at radius 2 is 1.69 bits per heavy atom. The molecule has 52 heavy (non-hydrogen) atoms. The van der Waals surface area contributed by atoms with E-state index < -0.39 is 12.1 Å². The van der Waals surface area contributed by atoms with E-state index in [1.54, 1.807) is 5.57 Å². The summed E-state index contributed by atoms with van der Waals surface area (Å²) in [6.45, 7) is 12.3. The second-order valence-electron chi connectivity index (χ2n) is 17.9. The van der Waals surface area contributed by atoms with E-state index in [9.17, 15) is 27.9 Å². The van der Waals surface area contributed by atoms with Crippen molar-refractivity contribution in [1.29, 1.82) is 0 Å². The highest BCUT2D eigenvalue weighted by atomic mass is 19.4. The minimum Gasteiger partial charge on any atom is -0.393 e. The molecule has 0 bridgehead atoms. The molecule has 0 radical (unpaired) electrons. The van der Waals surface area contributed by atoms with Crippen molar-refractivity contribution in [3.8, 4) is 0 Å². The zero-order valence-corrected chi connectivity index (χ0v) is 32.3. The minimum atomic E-state index is -4.81. The summed E-state index contributed by atoms with van der Waals surface area (Å²) in [5.41, 5.74) is 4.81. The van der Waals surface area contributed by atoms with E-state index >= 15 is 0 Å². The topological polar surface area (TPSA) is 90.9 Å². The first kappa shape index (κ1) is 39.8. The fraction of sp³-hybridized carbons (Fsp3) is 0.857. The molecular weight excluding hydrogens is 667 g/mol. The number of nitrogens with zero attached hydrogens (tertiary/aromatic N) is 1. The lowest BCUT2D eigenvalue weighted by atomic mass is 9.56. The van der Waals surface area contributed by atoms with Gasteiger partial charge in [0, 0.05) is 44.6 Å². The van der Waals surface area contributed by atoms with Crippen LogP contribution in [0.4, 0.5) is 13.2 Å². The summed E-state index contributed by atoms with van der Waals surface area (Å²) in [6.07, 6.45) is 14.3. The van der Waals surface area contributed by atoms with Crippen molar-refractivity contribution in [2.75, 3.05) is 26.2 Å². The first-order valence-corrected chi connectivity index (χ1v) is 20.9. The summed E-state index contributed by atoms with van der Waals surface area (Å²) in [6, 6.07) is 0.369. The molecule has 4 aliphatic carbocycles. The van der Waals surface area contributed by atoms with Crippen molar-refractivity contribution >= 4 is 11.8 Å². The fourth-order valence-electron chi connectivity index (χ4n) is 11.9. The maximum atomic E-state index is 12.7. The number of piperidine rings is 1. The van der Waals surface area contributed by atoms with E-state index in [0.29, 0.717) is 49.1 Å². The molecule has 2 saturated carbocycles. The van der Waals surface area contributed by atoms with Gasteiger partial charge in [0.25, 0.3) is 0 Å². The standard InChI is InChI=1S/C42H66F3N3O4/c1-27-23-36-38(48(26-27)22-21-46-37(50)13-11-9-7-5-6-8-10-12-20-47-39(51)42(43,44)45)29(3)41(52-36)19-17-32-33-15-14-30-24-31(49)16-18-40(30,4)35(33)25-34(32)28(41)2/h14,27,29,31-33,35-36,38,49H,5-13,15-26H2,1-4H3,(H,46,50)(H,47,51). The number of rotatable bonds is 14. The normalized spacial score (nSPS) is 37.3. The van der Waals surface area contributed by atoms with Crippen LogP contribution >= 0.6 is 0 Å². The molecule has 294 valence electrons. The minimum absolute atomic E-state index is 0.0600. The molecule has 2 heterocycles. The van der Waals surface area contributed by atoms with Gasteiger partial charge in [-0.2, -0.15) is 13.2 Å². The second-order valence-corrected chi connectivity index (χ2v) is 17.9. The number of aliphatic hydroxyl groups is 1. The first-order valence-electron chi connectivity index (χ1n) is 20.9. The number of hydrogen-bond donors (Lipinski definition) is 3. The second kappa shape index (κ2) is 16.4. The predicted molar refractivity (Wildman–Crippen MR) is 197 cm³/mol. The first-order chi connectivity index (χ1) is 24.7. The quantitative estimate of drug-likeness (QED) is 0.124. The molecule has 4 fully saturated rings. The van der Waals surface area contributed by atoms with E-state index in [-0.39, 0.29) is 35.7 Å². The van der Waals surface area contributed by atoms with Crippen LogP contribution < -0.4 is 10.6 Å². The number of hydrogen-bond acceptors (Lipinski definition) is 5. The van der Waals surface area contributed by atoms with Crippen LogP contribution in [0.5, 0.6) is 0 Å². The Morgan fingerprint density at radius 1 is 0.981 bits per heavy atom. The maximum Gasteiger partial charge on any atom is 0.471 e. The largest absolute Gasteiger partial charge is 0.471 e. The van der Waals surface area contributed by atoms with E-state index in [2.05, 4.69) is 44.0 Å². The van der Waals surface area contributed by atoms with Crippen molar-refractivity contribution < 1.29 is 32.6 Å². The van der Waals surface area contributed by atoms with Gasteiger partial charge in [-0.1, -0.05) is 76.5 Å².